The number of amides is 1. The van der Waals surface area contributed by atoms with Crippen molar-refractivity contribution in [2.24, 2.45) is 7.05 Å². The van der Waals surface area contributed by atoms with Crippen molar-refractivity contribution in [3.05, 3.63) is 138 Å². The summed E-state index contributed by atoms with van der Waals surface area (Å²) in [6.07, 6.45) is 0.463. The number of aromatic nitrogens is 1. The number of ether oxygens (including phenoxy) is 1. The van der Waals surface area contributed by atoms with Gasteiger partial charge in [0.2, 0.25) is 0 Å². The van der Waals surface area contributed by atoms with E-state index in [1.807, 2.05) is 73.1 Å². The highest BCUT2D eigenvalue weighted by Crippen LogP contribution is 2.41. The Balaban J connectivity index is 0.964. The SMILES string of the molecule is CNC(=O)c1c(-c2cccc(N3CCN(c4ccc(NS(=O)(=O)c5ccc(NC(CCN6CCOCC6)CSc6ccccc6)c(S(=O)(=O)C(F)(F)F)c5)cc4)CC3)c2)c(-c2ccc(F)cc2)n(C)c1C. The molecule has 1 amide bonds. The monoisotopic (exact) mass is 1030 g/mol. The van der Waals surface area contributed by atoms with E-state index in [9.17, 15) is 39.2 Å². The summed E-state index contributed by atoms with van der Waals surface area (Å²) in [7, 11) is -7.12. The van der Waals surface area contributed by atoms with Crippen molar-refractivity contribution < 1.29 is 43.9 Å². The van der Waals surface area contributed by atoms with Crippen LogP contribution in [-0.2, 0) is 31.6 Å². The maximum absolute atomic E-state index is 14.3. The number of thioether (sulfide) groups is 1. The van der Waals surface area contributed by atoms with Crippen LogP contribution in [0.5, 0.6) is 0 Å². The number of piperazine rings is 1. The van der Waals surface area contributed by atoms with E-state index in [0.29, 0.717) is 82.8 Å². The summed E-state index contributed by atoms with van der Waals surface area (Å²) in [6, 6.07) is 32.4. The van der Waals surface area contributed by atoms with E-state index < -0.39 is 41.2 Å². The van der Waals surface area contributed by atoms with Gasteiger partial charge in [-0.15, -0.1) is 11.8 Å². The minimum absolute atomic E-state index is 0.125. The van der Waals surface area contributed by atoms with Crippen molar-refractivity contribution in [2.75, 3.05) is 91.7 Å². The molecule has 8 rings (SSSR count). The number of benzene rings is 5. The van der Waals surface area contributed by atoms with Gasteiger partial charge in [-0.3, -0.25) is 14.4 Å². The largest absolute Gasteiger partial charge is 0.501 e. The van der Waals surface area contributed by atoms with Crippen LogP contribution in [0.2, 0.25) is 0 Å². The second kappa shape index (κ2) is 21.7. The number of nitrogens with zero attached hydrogens (tertiary/aromatic N) is 4. The minimum Gasteiger partial charge on any atom is -0.380 e. The average molecular weight is 1030 g/mol. The maximum Gasteiger partial charge on any atom is 0.501 e. The number of anilines is 4. The number of sulfonamides is 1. The molecule has 0 aliphatic carbocycles. The van der Waals surface area contributed by atoms with Crippen molar-refractivity contribution in [2.45, 2.75) is 39.6 Å². The van der Waals surface area contributed by atoms with E-state index in [4.69, 9.17) is 4.74 Å². The number of sulfone groups is 1. The number of morpholine rings is 1. The van der Waals surface area contributed by atoms with Gasteiger partial charge in [-0.25, -0.2) is 21.2 Å². The summed E-state index contributed by atoms with van der Waals surface area (Å²) in [5.74, 6) is -0.209. The predicted octanol–water partition coefficient (Wildman–Crippen LogP) is 8.88. The fourth-order valence-electron chi connectivity index (χ4n) is 8.90. The highest BCUT2D eigenvalue weighted by atomic mass is 32.2. The molecular formula is C51H55F4N7O6S3. The Morgan fingerprint density at radius 1 is 0.775 bits per heavy atom. The van der Waals surface area contributed by atoms with Crippen LogP contribution in [0.15, 0.2) is 136 Å². The smallest absolute Gasteiger partial charge is 0.380 e. The van der Waals surface area contributed by atoms with Gasteiger partial charge in [0.05, 0.1) is 35.1 Å². The van der Waals surface area contributed by atoms with Crippen molar-refractivity contribution in [1.82, 2.24) is 14.8 Å². The molecule has 1 atom stereocenters. The van der Waals surface area contributed by atoms with Gasteiger partial charge in [0, 0.05) is 105 Å². The molecule has 0 saturated carbocycles. The first kappa shape index (κ1) is 51.3. The van der Waals surface area contributed by atoms with Gasteiger partial charge in [-0.05, 0) is 115 Å². The maximum atomic E-state index is 14.3. The summed E-state index contributed by atoms with van der Waals surface area (Å²) < 4.78 is 120. The van der Waals surface area contributed by atoms with Crippen LogP contribution in [0.3, 0.4) is 0 Å². The lowest BCUT2D eigenvalue weighted by atomic mass is 9.96. The molecule has 376 valence electrons. The van der Waals surface area contributed by atoms with E-state index in [0.717, 1.165) is 56.5 Å². The lowest BCUT2D eigenvalue weighted by molar-refractivity contribution is -0.0435. The average Bonchev–Trinajstić information content (AvgIpc) is 3.64. The Labute approximate surface area is 416 Å². The van der Waals surface area contributed by atoms with Gasteiger partial charge >= 0.3 is 5.51 Å². The first-order valence-electron chi connectivity index (χ1n) is 23.0. The lowest BCUT2D eigenvalue weighted by Gasteiger charge is -2.37. The van der Waals surface area contributed by atoms with Crippen LogP contribution in [0.1, 0.15) is 22.5 Å². The van der Waals surface area contributed by atoms with Crippen molar-refractivity contribution in [3.8, 4) is 22.4 Å². The number of rotatable bonds is 17. The van der Waals surface area contributed by atoms with E-state index in [2.05, 4.69) is 30.1 Å². The number of alkyl halides is 3. The van der Waals surface area contributed by atoms with Crippen LogP contribution in [-0.4, -0.2) is 116 Å². The van der Waals surface area contributed by atoms with E-state index in [1.54, 1.807) is 43.4 Å². The molecule has 1 aromatic heterocycles. The molecule has 5 aromatic carbocycles. The molecule has 0 spiro atoms. The topological polar surface area (TPSA) is 145 Å². The summed E-state index contributed by atoms with van der Waals surface area (Å²) in [4.78, 5) is 18.9. The fourth-order valence-corrected chi connectivity index (χ4v) is 12.0. The normalized spacial score (nSPS) is 15.4. The van der Waals surface area contributed by atoms with Gasteiger partial charge in [-0.2, -0.15) is 13.2 Å². The van der Waals surface area contributed by atoms with Gasteiger partial charge < -0.3 is 29.7 Å². The molecule has 2 aliphatic heterocycles. The van der Waals surface area contributed by atoms with Crippen LogP contribution >= 0.6 is 11.8 Å². The molecule has 2 saturated heterocycles. The molecule has 13 nitrogen and oxygen atoms in total. The Morgan fingerprint density at radius 3 is 2.08 bits per heavy atom. The highest BCUT2D eigenvalue weighted by molar-refractivity contribution is 7.99. The van der Waals surface area contributed by atoms with E-state index >= 15 is 0 Å². The number of halogens is 4. The first-order valence-corrected chi connectivity index (χ1v) is 27.0. The molecule has 3 N–H and O–H groups in total. The summed E-state index contributed by atoms with van der Waals surface area (Å²) in [5, 5.41) is 5.80. The zero-order chi connectivity index (χ0) is 50.5. The molecule has 6 aromatic rings. The molecule has 0 bridgehead atoms. The number of nitrogens with one attached hydrogen (secondary N) is 3. The Hall–Kier alpha value is -6.06. The Bertz CT molecular complexity index is 3050. The Kier molecular flexibility index (Phi) is 15.7. The molecule has 20 heteroatoms. The van der Waals surface area contributed by atoms with Crippen LogP contribution in [0.4, 0.5) is 40.3 Å². The van der Waals surface area contributed by atoms with Crippen LogP contribution in [0.25, 0.3) is 22.4 Å². The molecule has 2 fully saturated rings. The summed E-state index contributed by atoms with van der Waals surface area (Å²) in [5.41, 5.74) is 0.226. The number of hydrogen-bond donors (Lipinski definition) is 3. The van der Waals surface area contributed by atoms with Gasteiger partial charge in [0.1, 0.15) is 10.7 Å². The van der Waals surface area contributed by atoms with E-state index in [-0.39, 0.29) is 23.1 Å². The number of hydrogen-bond acceptors (Lipinski definition) is 11. The molecule has 0 radical (unpaired) electrons. The number of carbonyl (C=O) groups excluding carboxylic acids is 1. The van der Waals surface area contributed by atoms with Crippen molar-refractivity contribution in [3.63, 3.8) is 0 Å². The summed E-state index contributed by atoms with van der Waals surface area (Å²) >= 11 is 1.47. The lowest BCUT2D eigenvalue weighted by Crippen LogP contribution is -2.46. The molecule has 2 aliphatic rings. The second-order valence-electron chi connectivity index (χ2n) is 17.3. The Morgan fingerprint density at radius 2 is 1.44 bits per heavy atom. The van der Waals surface area contributed by atoms with Crippen molar-refractivity contribution >= 4 is 60.3 Å². The first-order chi connectivity index (χ1) is 33.9. The fraction of sp³-hybridized carbons (Fsp3) is 0.314. The third kappa shape index (κ3) is 11.7. The molecule has 3 heterocycles. The molecule has 1 unspecified atom stereocenters. The van der Waals surface area contributed by atoms with Crippen molar-refractivity contribution in [1.29, 1.82) is 0 Å². The second-order valence-corrected chi connectivity index (χ2v) is 22.0. The third-order valence-electron chi connectivity index (χ3n) is 12.8. The zero-order valence-corrected chi connectivity index (χ0v) is 41.8. The van der Waals surface area contributed by atoms with Crippen LogP contribution < -0.4 is 25.2 Å². The van der Waals surface area contributed by atoms with Gasteiger partial charge in [0.25, 0.3) is 25.8 Å². The van der Waals surface area contributed by atoms with Crippen LogP contribution in [0, 0.1) is 12.7 Å². The highest BCUT2D eigenvalue weighted by Gasteiger charge is 2.48. The quantitative estimate of drug-likeness (QED) is 0.0595. The van der Waals surface area contributed by atoms with Gasteiger partial charge in [-0.1, -0.05) is 30.3 Å². The minimum atomic E-state index is -6.01. The molecular weight excluding hydrogens is 979 g/mol. The van der Waals surface area contributed by atoms with E-state index in [1.165, 1.54) is 23.9 Å². The predicted molar refractivity (Wildman–Crippen MR) is 272 cm³/mol. The summed E-state index contributed by atoms with van der Waals surface area (Å²) in [6.45, 7) is 7.43. The zero-order valence-electron chi connectivity index (χ0n) is 39.4. The standard InChI is InChI=1S/C51H55F4N7O6S3/c1-35-47(50(63)56-2)48(49(59(35)3)36-12-14-38(52)15-13-36)37-8-7-9-42(32-37)62-26-24-61(25-27-62)41-18-16-39(17-19-41)58-71(66,67)44-20-21-45(46(33-44)70(64,65)51(53,54)55)57-40(22-23-60-28-30-68-31-29-60)34-69-43-10-5-4-6-11-43/h4-21,32-33,40,57-58H,22-31,34H2,1-3H3,(H,56,63). The third-order valence-corrected chi connectivity index (χ3v) is 16.9. The number of carbonyl (C=O) groups is 1. The van der Waals surface area contributed by atoms with Gasteiger partial charge in [0.15, 0.2) is 0 Å². The molecule has 71 heavy (non-hydrogen) atoms.